The molecule has 2 aromatic carbocycles. The standard InChI is InChI=1S/C21H24N2O2/c1-16-8-10-19(11-9-16)25-15-21(24)22-12-5-13-23-17(2)14-18-6-3-4-7-20(18)23/h3-4,6-11,14H,5,12-13,15H2,1-2H3,(H,22,24). The highest BCUT2D eigenvalue weighted by Gasteiger charge is 2.06. The molecule has 3 aromatic rings. The van der Waals surface area contributed by atoms with Gasteiger partial charge in [-0.2, -0.15) is 0 Å². The Labute approximate surface area is 148 Å². The number of aromatic nitrogens is 1. The number of nitrogens with zero attached hydrogens (tertiary/aromatic N) is 1. The van der Waals surface area contributed by atoms with Crippen molar-refractivity contribution in [3.63, 3.8) is 0 Å². The molecule has 0 atom stereocenters. The lowest BCUT2D eigenvalue weighted by atomic mass is 10.2. The Morgan fingerprint density at radius 3 is 2.64 bits per heavy atom. The Kier molecular flexibility index (Phi) is 5.39. The highest BCUT2D eigenvalue weighted by Crippen LogP contribution is 2.19. The van der Waals surface area contributed by atoms with Crippen LogP contribution in [0.15, 0.2) is 54.6 Å². The summed E-state index contributed by atoms with van der Waals surface area (Å²) in [4.78, 5) is 11.9. The fourth-order valence-electron chi connectivity index (χ4n) is 2.94. The first-order valence-electron chi connectivity index (χ1n) is 8.64. The molecule has 130 valence electrons. The van der Waals surface area contributed by atoms with E-state index in [0.29, 0.717) is 6.54 Å². The summed E-state index contributed by atoms with van der Waals surface area (Å²) in [6, 6.07) is 18.3. The third-order valence-corrected chi connectivity index (χ3v) is 4.29. The Bertz CT molecular complexity index is 850. The van der Waals surface area contributed by atoms with E-state index >= 15 is 0 Å². The first-order valence-corrected chi connectivity index (χ1v) is 8.64. The molecule has 0 aliphatic heterocycles. The van der Waals surface area contributed by atoms with Crippen LogP contribution < -0.4 is 10.1 Å². The van der Waals surface area contributed by atoms with Crippen molar-refractivity contribution in [2.75, 3.05) is 13.2 Å². The number of benzene rings is 2. The number of fused-ring (bicyclic) bond motifs is 1. The smallest absolute Gasteiger partial charge is 0.257 e. The van der Waals surface area contributed by atoms with Gasteiger partial charge in [-0.05, 0) is 49.9 Å². The zero-order valence-corrected chi connectivity index (χ0v) is 14.8. The lowest BCUT2D eigenvalue weighted by Crippen LogP contribution is -2.30. The lowest BCUT2D eigenvalue weighted by molar-refractivity contribution is -0.123. The maximum absolute atomic E-state index is 11.9. The van der Waals surface area contributed by atoms with Crippen molar-refractivity contribution in [3.8, 4) is 5.75 Å². The van der Waals surface area contributed by atoms with Gasteiger partial charge in [-0.1, -0.05) is 35.9 Å². The van der Waals surface area contributed by atoms with E-state index in [2.05, 4.69) is 47.1 Å². The summed E-state index contributed by atoms with van der Waals surface area (Å²) in [5.74, 6) is 0.629. The van der Waals surface area contributed by atoms with Gasteiger partial charge < -0.3 is 14.6 Å². The molecule has 1 heterocycles. The zero-order valence-electron chi connectivity index (χ0n) is 14.8. The lowest BCUT2D eigenvalue weighted by Gasteiger charge is -2.10. The maximum atomic E-state index is 11.9. The summed E-state index contributed by atoms with van der Waals surface area (Å²) in [5.41, 5.74) is 3.66. The number of hydrogen-bond donors (Lipinski definition) is 1. The zero-order chi connectivity index (χ0) is 17.6. The number of ether oxygens (including phenoxy) is 1. The number of amides is 1. The van der Waals surface area contributed by atoms with Crippen LogP contribution in [-0.2, 0) is 11.3 Å². The number of carbonyl (C=O) groups is 1. The number of aryl methyl sites for hydroxylation is 3. The average molecular weight is 336 g/mol. The highest BCUT2D eigenvalue weighted by molar-refractivity contribution is 5.81. The minimum Gasteiger partial charge on any atom is -0.484 e. The third-order valence-electron chi connectivity index (χ3n) is 4.29. The summed E-state index contributed by atoms with van der Waals surface area (Å²) in [7, 11) is 0. The third kappa shape index (κ3) is 4.41. The van der Waals surface area contributed by atoms with Gasteiger partial charge in [-0.15, -0.1) is 0 Å². The normalized spacial score (nSPS) is 10.8. The molecule has 0 unspecified atom stereocenters. The summed E-state index contributed by atoms with van der Waals surface area (Å²) >= 11 is 0. The topological polar surface area (TPSA) is 43.3 Å². The Morgan fingerprint density at radius 1 is 1.08 bits per heavy atom. The minimum atomic E-state index is -0.0883. The summed E-state index contributed by atoms with van der Waals surface area (Å²) in [6.45, 7) is 5.72. The van der Waals surface area contributed by atoms with Crippen molar-refractivity contribution in [2.45, 2.75) is 26.8 Å². The van der Waals surface area contributed by atoms with Crippen LogP contribution in [-0.4, -0.2) is 23.6 Å². The maximum Gasteiger partial charge on any atom is 0.257 e. The molecule has 1 amide bonds. The van der Waals surface area contributed by atoms with Crippen molar-refractivity contribution in [1.82, 2.24) is 9.88 Å². The molecular formula is C21H24N2O2. The second-order valence-corrected chi connectivity index (χ2v) is 6.30. The average Bonchev–Trinajstić information content (AvgIpc) is 2.93. The van der Waals surface area contributed by atoms with E-state index in [1.807, 2.05) is 31.2 Å². The first kappa shape index (κ1) is 17.1. The molecular weight excluding hydrogens is 312 g/mol. The van der Waals surface area contributed by atoms with Crippen LogP contribution in [0.2, 0.25) is 0 Å². The number of rotatable bonds is 7. The molecule has 0 saturated heterocycles. The van der Waals surface area contributed by atoms with Crippen LogP contribution >= 0.6 is 0 Å². The summed E-state index contributed by atoms with van der Waals surface area (Å²) in [6.07, 6.45) is 0.885. The molecule has 1 aromatic heterocycles. The van der Waals surface area contributed by atoms with Crippen molar-refractivity contribution in [1.29, 1.82) is 0 Å². The second kappa shape index (κ2) is 7.88. The fraction of sp³-hybridized carbons (Fsp3) is 0.286. The van der Waals surface area contributed by atoms with Crippen molar-refractivity contribution in [2.24, 2.45) is 0 Å². The van der Waals surface area contributed by atoms with E-state index in [-0.39, 0.29) is 12.5 Å². The molecule has 3 rings (SSSR count). The highest BCUT2D eigenvalue weighted by atomic mass is 16.5. The number of hydrogen-bond acceptors (Lipinski definition) is 2. The predicted molar refractivity (Wildman–Crippen MR) is 101 cm³/mol. The number of para-hydroxylation sites is 1. The Morgan fingerprint density at radius 2 is 1.84 bits per heavy atom. The van der Waals surface area contributed by atoms with Gasteiger partial charge in [-0.25, -0.2) is 0 Å². The van der Waals surface area contributed by atoms with Crippen LogP contribution in [0.5, 0.6) is 5.75 Å². The number of nitrogens with one attached hydrogen (secondary N) is 1. The molecule has 25 heavy (non-hydrogen) atoms. The molecule has 0 spiro atoms. The predicted octanol–water partition coefficient (Wildman–Crippen LogP) is 3.84. The molecule has 0 aliphatic carbocycles. The fourth-order valence-corrected chi connectivity index (χ4v) is 2.94. The van der Waals surface area contributed by atoms with Crippen LogP contribution in [0.4, 0.5) is 0 Å². The molecule has 0 radical (unpaired) electrons. The van der Waals surface area contributed by atoms with E-state index in [0.717, 1.165) is 18.7 Å². The van der Waals surface area contributed by atoms with Crippen LogP contribution in [0, 0.1) is 13.8 Å². The van der Waals surface area contributed by atoms with E-state index in [1.54, 1.807) is 0 Å². The molecule has 0 saturated carbocycles. The molecule has 4 heteroatoms. The SMILES string of the molecule is Cc1ccc(OCC(=O)NCCCn2c(C)cc3ccccc32)cc1. The first-order chi connectivity index (χ1) is 12.1. The van der Waals surface area contributed by atoms with Crippen molar-refractivity contribution in [3.05, 3.63) is 65.9 Å². The van der Waals surface area contributed by atoms with Gasteiger partial charge in [0.15, 0.2) is 6.61 Å². The molecule has 0 bridgehead atoms. The van der Waals surface area contributed by atoms with Gasteiger partial charge in [0.05, 0.1) is 0 Å². The monoisotopic (exact) mass is 336 g/mol. The van der Waals surface area contributed by atoms with E-state index in [4.69, 9.17) is 4.74 Å². The Balaban J connectivity index is 1.42. The van der Waals surface area contributed by atoms with Crippen LogP contribution in [0.3, 0.4) is 0 Å². The second-order valence-electron chi connectivity index (χ2n) is 6.30. The molecule has 0 aliphatic rings. The van der Waals surface area contributed by atoms with Gasteiger partial charge in [0.25, 0.3) is 5.91 Å². The Hall–Kier alpha value is -2.75. The van der Waals surface area contributed by atoms with E-state index in [1.165, 1.54) is 22.2 Å². The van der Waals surface area contributed by atoms with E-state index in [9.17, 15) is 4.79 Å². The van der Waals surface area contributed by atoms with Gasteiger partial charge in [0, 0.05) is 24.3 Å². The van der Waals surface area contributed by atoms with Crippen LogP contribution in [0.25, 0.3) is 10.9 Å². The number of carbonyl (C=O) groups excluding carboxylic acids is 1. The van der Waals surface area contributed by atoms with Gasteiger partial charge in [0.2, 0.25) is 0 Å². The molecule has 0 fully saturated rings. The quantitative estimate of drug-likeness (QED) is 0.666. The van der Waals surface area contributed by atoms with Gasteiger partial charge in [-0.3, -0.25) is 4.79 Å². The largest absolute Gasteiger partial charge is 0.484 e. The molecule has 1 N–H and O–H groups in total. The summed E-state index contributed by atoms with van der Waals surface area (Å²) < 4.78 is 7.78. The summed E-state index contributed by atoms with van der Waals surface area (Å²) in [5, 5.41) is 4.18. The van der Waals surface area contributed by atoms with E-state index < -0.39 is 0 Å². The van der Waals surface area contributed by atoms with Crippen molar-refractivity contribution < 1.29 is 9.53 Å². The minimum absolute atomic E-state index is 0.0501. The van der Waals surface area contributed by atoms with Crippen LogP contribution in [0.1, 0.15) is 17.7 Å². The van der Waals surface area contributed by atoms with Gasteiger partial charge >= 0.3 is 0 Å². The molecule has 4 nitrogen and oxygen atoms in total. The van der Waals surface area contributed by atoms with Gasteiger partial charge in [0.1, 0.15) is 5.75 Å². The van der Waals surface area contributed by atoms with Crippen molar-refractivity contribution >= 4 is 16.8 Å².